The molecule has 6 nitrogen and oxygen atoms in total. The van der Waals surface area contributed by atoms with Gasteiger partial charge in [-0.25, -0.2) is 4.39 Å². The molecule has 0 spiro atoms. The van der Waals surface area contributed by atoms with Crippen LogP contribution in [0.5, 0.6) is 0 Å². The van der Waals surface area contributed by atoms with Gasteiger partial charge in [-0.2, -0.15) is 3.89 Å². The Morgan fingerprint density at radius 3 is 2.33 bits per heavy atom. The standard InChI is InChI=1S/C15H13FN2O2S.C9H8FNO/c1-11(15(10-19,18-20)21-16)12-2-4-13(5-3-12)14-6-8-17-9-7-14;1-11-5-6-2-3-7(10)4-8(6)9(11)12/h2-11H,1H3;2-4H,5H2,1H3. The molecule has 1 aromatic heterocycles. The van der Waals surface area contributed by atoms with Crippen molar-refractivity contribution in [1.29, 1.82) is 0 Å². The number of amides is 1. The molecule has 9 heteroatoms. The zero-order valence-corrected chi connectivity index (χ0v) is 18.8. The molecule has 2 atom stereocenters. The first-order valence-electron chi connectivity index (χ1n) is 10.00. The number of fused-ring (bicyclic) bond motifs is 1. The van der Waals surface area contributed by atoms with E-state index in [1.807, 2.05) is 24.3 Å². The van der Waals surface area contributed by atoms with E-state index in [1.54, 1.807) is 49.5 Å². The highest BCUT2D eigenvalue weighted by molar-refractivity contribution is 7.96. The normalized spacial score (nSPS) is 15.0. The predicted octanol–water partition coefficient (Wildman–Crippen LogP) is 5.54. The zero-order chi connectivity index (χ0) is 24.0. The van der Waals surface area contributed by atoms with Crippen molar-refractivity contribution in [1.82, 2.24) is 9.88 Å². The highest BCUT2D eigenvalue weighted by Crippen LogP contribution is 2.40. The van der Waals surface area contributed by atoms with Crippen LogP contribution in [0.4, 0.5) is 8.28 Å². The van der Waals surface area contributed by atoms with Crippen molar-refractivity contribution in [3.05, 3.63) is 94.4 Å². The lowest BCUT2D eigenvalue weighted by Gasteiger charge is -2.22. The molecule has 0 saturated heterocycles. The van der Waals surface area contributed by atoms with E-state index in [4.69, 9.17) is 0 Å². The lowest BCUT2D eigenvalue weighted by molar-refractivity contribution is -0.110. The molecule has 0 radical (unpaired) electrons. The fourth-order valence-corrected chi connectivity index (χ4v) is 3.80. The molecule has 2 heterocycles. The number of nitroso groups, excluding NO2 is 1. The molecule has 1 amide bonds. The van der Waals surface area contributed by atoms with Crippen molar-refractivity contribution < 1.29 is 17.9 Å². The molecule has 1 aliphatic rings. The van der Waals surface area contributed by atoms with Crippen molar-refractivity contribution in [2.24, 2.45) is 5.18 Å². The maximum Gasteiger partial charge on any atom is 0.254 e. The monoisotopic (exact) mass is 469 g/mol. The minimum Gasteiger partial charge on any atom is -0.337 e. The largest absolute Gasteiger partial charge is 0.337 e. The molecule has 33 heavy (non-hydrogen) atoms. The third-order valence-corrected chi connectivity index (χ3v) is 6.31. The lowest BCUT2D eigenvalue weighted by Crippen LogP contribution is -2.29. The number of pyridine rings is 1. The number of carbonyl (C=O) groups excluding carboxylic acids is 2. The van der Waals surface area contributed by atoms with Crippen LogP contribution in [0.1, 0.15) is 34.3 Å². The molecule has 1 aliphatic heterocycles. The highest BCUT2D eigenvalue weighted by Gasteiger charge is 2.41. The Labute approximate surface area is 194 Å². The molecule has 0 N–H and O–H groups in total. The van der Waals surface area contributed by atoms with Crippen LogP contribution < -0.4 is 0 Å². The van der Waals surface area contributed by atoms with Crippen molar-refractivity contribution >= 4 is 24.3 Å². The minimum atomic E-state index is -1.93. The van der Waals surface area contributed by atoms with Crippen molar-refractivity contribution in [3.8, 4) is 11.1 Å². The fourth-order valence-electron chi connectivity index (χ4n) is 3.47. The van der Waals surface area contributed by atoms with Crippen LogP contribution in [0.2, 0.25) is 0 Å². The van der Waals surface area contributed by atoms with E-state index in [1.165, 1.54) is 12.1 Å². The Balaban J connectivity index is 0.000000215. The molecule has 3 aromatic rings. The Morgan fingerprint density at radius 1 is 1.12 bits per heavy atom. The number of hydrogen-bond acceptors (Lipinski definition) is 6. The molecule has 170 valence electrons. The average molecular weight is 470 g/mol. The van der Waals surface area contributed by atoms with Crippen LogP contribution in [0.25, 0.3) is 11.1 Å². The second-order valence-corrected chi connectivity index (χ2v) is 8.39. The fraction of sp³-hybridized carbons (Fsp3) is 0.208. The summed E-state index contributed by atoms with van der Waals surface area (Å²) in [7, 11) is 1.71. The number of hydrogen-bond donors (Lipinski definition) is 0. The molecule has 0 saturated carbocycles. The molecule has 2 aromatic carbocycles. The van der Waals surface area contributed by atoms with Crippen LogP contribution in [-0.4, -0.2) is 34.0 Å². The Hall–Kier alpha value is -3.46. The molecule has 0 bridgehead atoms. The quantitative estimate of drug-likeness (QED) is 0.350. The average Bonchev–Trinajstić information content (AvgIpc) is 3.14. The van der Waals surface area contributed by atoms with Crippen LogP contribution >= 0.6 is 12.1 Å². The van der Waals surface area contributed by atoms with Crippen LogP contribution in [0, 0.1) is 10.7 Å². The van der Waals surface area contributed by atoms with E-state index in [-0.39, 0.29) is 30.2 Å². The van der Waals surface area contributed by atoms with Crippen molar-refractivity contribution in [2.45, 2.75) is 24.3 Å². The van der Waals surface area contributed by atoms with Crippen molar-refractivity contribution in [3.63, 3.8) is 0 Å². The van der Waals surface area contributed by atoms with E-state index in [0.717, 1.165) is 16.7 Å². The van der Waals surface area contributed by atoms with Gasteiger partial charge in [-0.3, -0.25) is 14.6 Å². The van der Waals surface area contributed by atoms with E-state index in [0.29, 0.717) is 17.7 Å². The van der Waals surface area contributed by atoms with Gasteiger partial charge >= 0.3 is 0 Å². The summed E-state index contributed by atoms with van der Waals surface area (Å²) in [5, 5.41) is 2.68. The SMILES string of the molecule is CC(c1ccc(-c2ccncc2)cc1)C(C=O)(N=O)SF.CN1Cc2ccc(F)cc2C1=O. The van der Waals surface area contributed by atoms with Crippen LogP contribution in [0.15, 0.2) is 72.2 Å². The molecular weight excluding hydrogens is 448 g/mol. The second-order valence-electron chi connectivity index (χ2n) is 7.58. The van der Waals surface area contributed by atoms with E-state index in [9.17, 15) is 22.8 Å². The number of carbonyl (C=O) groups is 2. The first-order chi connectivity index (χ1) is 15.8. The third kappa shape index (κ3) is 5.14. The zero-order valence-electron chi connectivity index (χ0n) is 17.9. The lowest BCUT2D eigenvalue weighted by atomic mass is 9.92. The van der Waals surface area contributed by atoms with Crippen LogP contribution in [-0.2, 0) is 11.3 Å². The Morgan fingerprint density at radius 2 is 1.76 bits per heavy atom. The third-order valence-electron chi connectivity index (χ3n) is 5.54. The van der Waals surface area contributed by atoms with Gasteiger partial charge in [0.05, 0.1) is 12.1 Å². The van der Waals surface area contributed by atoms with Gasteiger partial charge < -0.3 is 4.90 Å². The molecule has 4 rings (SSSR count). The topological polar surface area (TPSA) is 79.7 Å². The predicted molar refractivity (Wildman–Crippen MR) is 124 cm³/mol. The van der Waals surface area contributed by atoms with Gasteiger partial charge in [-0.1, -0.05) is 37.3 Å². The van der Waals surface area contributed by atoms with Crippen LogP contribution in [0.3, 0.4) is 0 Å². The molecule has 0 aliphatic carbocycles. The number of aromatic nitrogens is 1. The van der Waals surface area contributed by atoms with Gasteiger partial charge in [0, 0.05) is 37.5 Å². The second kappa shape index (κ2) is 10.4. The minimum absolute atomic E-state index is 0.0931. The summed E-state index contributed by atoms with van der Waals surface area (Å²) in [4.78, 5) is 36.8. The smallest absolute Gasteiger partial charge is 0.254 e. The first kappa shape index (κ1) is 24.2. The summed E-state index contributed by atoms with van der Waals surface area (Å²) in [6, 6.07) is 15.3. The molecule has 2 unspecified atom stereocenters. The number of rotatable bonds is 6. The van der Waals surface area contributed by atoms with E-state index >= 15 is 0 Å². The number of halogens is 2. The summed E-state index contributed by atoms with van der Waals surface area (Å²) in [5.41, 5.74) is 4.04. The number of nitrogens with zero attached hydrogens (tertiary/aromatic N) is 3. The summed E-state index contributed by atoms with van der Waals surface area (Å²) in [6.07, 6.45) is 3.64. The van der Waals surface area contributed by atoms with Gasteiger partial charge in [0.15, 0.2) is 6.29 Å². The summed E-state index contributed by atoms with van der Waals surface area (Å²) < 4.78 is 25.7. The molecular formula is C24H21F2N3O3S. The Bertz CT molecular complexity index is 1140. The highest BCUT2D eigenvalue weighted by atomic mass is 32.2. The van der Waals surface area contributed by atoms with Gasteiger partial charge in [0.1, 0.15) is 5.82 Å². The van der Waals surface area contributed by atoms with E-state index in [2.05, 4.69) is 10.2 Å². The number of aldehydes is 1. The maximum atomic E-state index is 13.0. The number of benzene rings is 2. The van der Waals surface area contributed by atoms with E-state index < -0.39 is 10.8 Å². The van der Waals surface area contributed by atoms with Crippen molar-refractivity contribution in [2.75, 3.05) is 7.05 Å². The molecule has 0 fully saturated rings. The Kier molecular flexibility index (Phi) is 7.65. The van der Waals surface area contributed by atoms with Gasteiger partial charge in [0.2, 0.25) is 4.87 Å². The van der Waals surface area contributed by atoms with Gasteiger partial charge in [-0.15, -0.1) is 4.91 Å². The summed E-state index contributed by atoms with van der Waals surface area (Å²) in [6.45, 7) is 2.19. The van der Waals surface area contributed by atoms with Gasteiger partial charge in [-0.05, 0) is 51.7 Å². The summed E-state index contributed by atoms with van der Waals surface area (Å²) >= 11 is -0.335. The first-order valence-corrected chi connectivity index (χ1v) is 10.7. The van der Waals surface area contributed by atoms with Gasteiger partial charge in [0.25, 0.3) is 5.91 Å². The summed E-state index contributed by atoms with van der Waals surface area (Å²) in [5.74, 6) is -1.10. The maximum absolute atomic E-state index is 13.0.